The van der Waals surface area contributed by atoms with Crippen LogP contribution >= 0.6 is 0 Å². The number of hydrogen-bond donors (Lipinski definition) is 1. The molecule has 1 amide bonds. The fourth-order valence-corrected chi connectivity index (χ4v) is 2.45. The van der Waals surface area contributed by atoms with Gasteiger partial charge in [0.05, 0.1) is 5.69 Å². The molecule has 0 saturated heterocycles. The molecule has 1 atom stereocenters. The number of rotatable bonds is 3. The summed E-state index contributed by atoms with van der Waals surface area (Å²) in [6.07, 6.45) is 0.347. The number of aliphatic carboxylic acids is 1. The fourth-order valence-electron chi connectivity index (χ4n) is 2.45. The first kappa shape index (κ1) is 15.4. The van der Waals surface area contributed by atoms with Crippen LogP contribution in [0.3, 0.4) is 0 Å². The van der Waals surface area contributed by atoms with E-state index in [0.29, 0.717) is 17.9 Å². The molecule has 0 spiro atoms. The average molecular weight is 291 g/mol. The van der Waals surface area contributed by atoms with Crippen LogP contribution < -0.4 is 9.64 Å². The van der Waals surface area contributed by atoms with Gasteiger partial charge in [-0.1, -0.05) is 33.8 Å². The Morgan fingerprint density at radius 2 is 2.10 bits per heavy atom. The Balaban J connectivity index is 2.55. The molecule has 0 bridgehead atoms. The fraction of sp³-hybridized carbons (Fsp3) is 0.500. The number of carbonyl (C=O) groups excluding carboxylic acids is 1. The van der Waals surface area contributed by atoms with Gasteiger partial charge >= 0.3 is 5.97 Å². The van der Waals surface area contributed by atoms with Crippen LogP contribution in [0, 0.1) is 0 Å². The molecule has 0 saturated carbocycles. The number of carbonyl (C=O) groups is 2. The topological polar surface area (TPSA) is 66.8 Å². The Morgan fingerprint density at radius 3 is 2.62 bits per heavy atom. The second-order valence-electron chi connectivity index (χ2n) is 6.25. The van der Waals surface area contributed by atoms with Gasteiger partial charge in [-0.2, -0.15) is 0 Å². The maximum Gasteiger partial charge on any atom is 0.326 e. The Morgan fingerprint density at radius 1 is 1.43 bits per heavy atom. The molecular formula is C16H21NO4. The number of carboxylic acids is 1. The zero-order valence-corrected chi connectivity index (χ0v) is 12.8. The second kappa shape index (κ2) is 5.39. The summed E-state index contributed by atoms with van der Waals surface area (Å²) in [7, 11) is 0. The third-order valence-electron chi connectivity index (χ3n) is 3.69. The number of hydrogen-bond acceptors (Lipinski definition) is 3. The summed E-state index contributed by atoms with van der Waals surface area (Å²) < 4.78 is 5.42. The maximum atomic E-state index is 12.2. The standard InChI is InChI=1S/C16H21NO4/c1-5-11(15(19)20)17-12-8-10(16(2,3)4)6-7-13(12)21-9-14(17)18/h6-8,11H,5,9H2,1-4H3,(H,19,20). The zero-order valence-electron chi connectivity index (χ0n) is 12.8. The Labute approximate surface area is 124 Å². The van der Waals surface area contributed by atoms with Crippen molar-refractivity contribution in [2.75, 3.05) is 11.5 Å². The predicted octanol–water partition coefficient (Wildman–Crippen LogP) is 2.57. The molecule has 1 heterocycles. The van der Waals surface area contributed by atoms with Crippen molar-refractivity contribution in [1.82, 2.24) is 0 Å². The van der Waals surface area contributed by atoms with E-state index >= 15 is 0 Å². The van der Waals surface area contributed by atoms with Crippen LogP contribution in [0.5, 0.6) is 5.75 Å². The van der Waals surface area contributed by atoms with Gasteiger partial charge in [0.1, 0.15) is 11.8 Å². The van der Waals surface area contributed by atoms with Crippen molar-refractivity contribution in [3.63, 3.8) is 0 Å². The van der Waals surface area contributed by atoms with Gasteiger partial charge in [-0.15, -0.1) is 0 Å². The highest BCUT2D eigenvalue weighted by atomic mass is 16.5. The first-order valence-corrected chi connectivity index (χ1v) is 7.08. The molecule has 1 aromatic rings. The summed E-state index contributed by atoms with van der Waals surface area (Å²) in [6, 6.07) is 4.76. The monoisotopic (exact) mass is 291 g/mol. The second-order valence-corrected chi connectivity index (χ2v) is 6.25. The van der Waals surface area contributed by atoms with Crippen molar-refractivity contribution in [1.29, 1.82) is 0 Å². The zero-order chi connectivity index (χ0) is 15.8. The van der Waals surface area contributed by atoms with Crippen molar-refractivity contribution in [3.05, 3.63) is 23.8 Å². The lowest BCUT2D eigenvalue weighted by atomic mass is 9.86. The number of anilines is 1. The summed E-state index contributed by atoms with van der Waals surface area (Å²) in [4.78, 5) is 25.0. The lowest BCUT2D eigenvalue weighted by molar-refractivity contribution is -0.140. The van der Waals surface area contributed by atoms with E-state index in [1.165, 1.54) is 4.90 Å². The Hall–Kier alpha value is -2.04. The minimum Gasteiger partial charge on any atom is -0.482 e. The van der Waals surface area contributed by atoms with E-state index in [9.17, 15) is 14.7 Å². The Bertz CT molecular complexity index is 574. The molecule has 0 aromatic heterocycles. The quantitative estimate of drug-likeness (QED) is 0.929. The van der Waals surface area contributed by atoms with Gasteiger partial charge in [-0.25, -0.2) is 4.79 Å². The summed E-state index contributed by atoms with van der Waals surface area (Å²) in [5.41, 5.74) is 1.49. The SMILES string of the molecule is CCC(C(=O)O)N1C(=O)COc2ccc(C(C)(C)C)cc21. The average Bonchev–Trinajstić information content (AvgIpc) is 2.40. The summed E-state index contributed by atoms with van der Waals surface area (Å²) in [5.74, 6) is -0.759. The van der Waals surface area contributed by atoms with Gasteiger partial charge in [-0.3, -0.25) is 9.69 Å². The third kappa shape index (κ3) is 2.86. The van der Waals surface area contributed by atoms with Gasteiger partial charge < -0.3 is 9.84 Å². The molecule has 0 radical (unpaired) electrons. The van der Waals surface area contributed by atoms with Crippen molar-refractivity contribution in [2.45, 2.75) is 45.6 Å². The van der Waals surface area contributed by atoms with Gasteiger partial charge in [0, 0.05) is 0 Å². The van der Waals surface area contributed by atoms with Crippen LogP contribution in [-0.4, -0.2) is 29.6 Å². The highest BCUT2D eigenvalue weighted by Crippen LogP contribution is 2.37. The predicted molar refractivity (Wildman–Crippen MR) is 79.8 cm³/mol. The molecule has 0 aliphatic carbocycles. The van der Waals surface area contributed by atoms with Crippen LogP contribution in [-0.2, 0) is 15.0 Å². The highest BCUT2D eigenvalue weighted by molar-refractivity contribution is 6.02. The van der Waals surface area contributed by atoms with E-state index in [1.807, 2.05) is 18.2 Å². The van der Waals surface area contributed by atoms with Crippen molar-refractivity contribution in [3.8, 4) is 5.75 Å². The van der Waals surface area contributed by atoms with Crippen molar-refractivity contribution < 1.29 is 19.4 Å². The van der Waals surface area contributed by atoms with Crippen LogP contribution in [0.1, 0.15) is 39.7 Å². The molecule has 5 heteroatoms. The van der Waals surface area contributed by atoms with Crippen LogP contribution in [0.2, 0.25) is 0 Å². The lowest BCUT2D eigenvalue weighted by Gasteiger charge is -2.34. The van der Waals surface area contributed by atoms with Gasteiger partial charge in [0.2, 0.25) is 0 Å². The molecule has 1 unspecified atom stereocenters. The van der Waals surface area contributed by atoms with Crippen LogP contribution in [0.25, 0.3) is 0 Å². The molecule has 0 fully saturated rings. The van der Waals surface area contributed by atoms with E-state index in [0.717, 1.165) is 5.56 Å². The van der Waals surface area contributed by atoms with Crippen LogP contribution in [0.15, 0.2) is 18.2 Å². The molecule has 114 valence electrons. The number of carboxylic acid groups (broad SMARTS) is 1. The van der Waals surface area contributed by atoms with Gasteiger partial charge in [0.15, 0.2) is 6.61 Å². The van der Waals surface area contributed by atoms with Gasteiger partial charge in [0.25, 0.3) is 5.91 Å². The van der Waals surface area contributed by atoms with Crippen molar-refractivity contribution in [2.24, 2.45) is 0 Å². The van der Waals surface area contributed by atoms with Crippen molar-refractivity contribution >= 4 is 17.6 Å². The van der Waals surface area contributed by atoms with E-state index in [2.05, 4.69) is 20.8 Å². The number of amides is 1. The molecule has 5 nitrogen and oxygen atoms in total. The lowest BCUT2D eigenvalue weighted by Crippen LogP contribution is -2.49. The molecule has 2 rings (SSSR count). The normalized spacial score (nSPS) is 16.2. The maximum absolute atomic E-state index is 12.2. The highest BCUT2D eigenvalue weighted by Gasteiger charge is 2.35. The number of ether oxygens (including phenoxy) is 1. The number of fused-ring (bicyclic) bond motifs is 1. The summed E-state index contributed by atoms with van der Waals surface area (Å²) in [5, 5.41) is 9.36. The first-order chi connectivity index (χ1) is 9.75. The van der Waals surface area contributed by atoms with E-state index in [4.69, 9.17) is 4.74 Å². The minimum absolute atomic E-state index is 0.0911. The molecule has 21 heavy (non-hydrogen) atoms. The molecule has 1 aliphatic heterocycles. The first-order valence-electron chi connectivity index (χ1n) is 7.08. The molecular weight excluding hydrogens is 270 g/mol. The van der Waals surface area contributed by atoms with Gasteiger partial charge in [-0.05, 0) is 29.5 Å². The molecule has 1 aromatic carbocycles. The Kier molecular flexibility index (Phi) is 3.94. The third-order valence-corrected chi connectivity index (χ3v) is 3.69. The smallest absolute Gasteiger partial charge is 0.326 e. The van der Waals surface area contributed by atoms with E-state index in [1.54, 1.807) is 6.92 Å². The van der Waals surface area contributed by atoms with E-state index in [-0.39, 0.29) is 17.9 Å². The van der Waals surface area contributed by atoms with Crippen LogP contribution in [0.4, 0.5) is 5.69 Å². The summed E-state index contributed by atoms with van der Waals surface area (Å²) >= 11 is 0. The summed E-state index contributed by atoms with van der Waals surface area (Å²) in [6.45, 7) is 7.84. The number of nitrogens with zero attached hydrogens (tertiary/aromatic N) is 1. The van der Waals surface area contributed by atoms with E-state index < -0.39 is 12.0 Å². The largest absolute Gasteiger partial charge is 0.482 e. The molecule has 1 N–H and O–H groups in total. The minimum atomic E-state index is -1.00. The molecule has 1 aliphatic rings. The number of benzene rings is 1.